The summed E-state index contributed by atoms with van der Waals surface area (Å²) >= 11 is 0. The number of hydrogen-bond donors (Lipinski definition) is 3. The molecule has 1 heterocycles. The molecular weight excluding hydrogens is 499 g/mol. The lowest BCUT2D eigenvalue weighted by Crippen LogP contribution is -2.30. The van der Waals surface area contributed by atoms with Gasteiger partial charge in [0.2, 0.25) is 0 Å². The Morgan fingerprint density at radius 3 is 2.73 bits per heavy atom. The molecular formula is C21H27IN4O4. The van der Waals surface area contributed by atoms with Gasteiger partial charge in [0, 0.05) is 24.7 Å². The zero-order valence-electron chi connectivity index (χ0n) is 16.8. The Morgan fingerprint density at radius 2 is 1.97 bits per heavy atom. The monoisotopic (exact) mass is 526 g/mol. The minimum absolute atomic E-state index is 0. The molecule has 0 unspecified atom stereocenters. The molecule has 8 nitrogen and oxygen atoms in total. The standard InChI is InChI=1S/C21H26N4O4.HI/c1-2-23-21(24-13-15-5-3-6-17(11-15)29-14-20(22)26)25-16-7-8-18-19(12-16)28-10-4-9-27-18;/h3,5-8,11-12H,2,4,9-10,13-14H2,1H3,(H2,22,26)(H2,23,24,25);1H. The molecule has 0 aliphatic carbocycles. The fourth-order valence-electron chi connectivity index (χ4n) is 2.74. The lowest BCUT2D eigenvalue weighted by atomic mass is 10.2. The number of guanidine groups is 1. The topological polar surface area (TPSA) is 107 Å². The second-order valence-electron chi connectivity index (χ2n) is 6.43. The minimum atomic E-state index is -0.512. The summed E-state index contributed by atoms with van der Waals surface area (Å²) in [5, 5.41) is 6.51. The Bertz CT molecular complexity index is 876. The van der Waals surface area contributed by atoms with E-state index in [0.29, 0.717) is 31.5 Å². The van der Waals surface area contributed by atoms with Crippen LogP contribution in [0.25, 0.3) is 0 Å². The van der Waals surface area contributed by atoms with E-state index in [0.717, 1.165) is 35.7 Å². The first kappa shape index (κ1) is 23.6. The van der Waals surface area contributed by atoms with Crippen molar-refractivity contribution in [2.24, 2.45) is 10.7 Å². The van der Waals surface area contributed by atoms with Crippen molar-refractivity contribution < 1.29 is 19.0 Å². The van der Waals surface area contributed by atoms with Crippen molar-refractivity contribution in [3.63, 3.8) is 0 Å². The van der Waals surface area contributed by atoms with Crippen LogP contribution in [0, 0.1) is 0 Å². The molecule has 0 bridgehead atoms. The predicted octanol–water partition coefficient (Wildman–Crippen LogP) is 2.91. The number of fused-ring (bicyclic) bond motifs is 1. The van der Waals surface area contributed by atoms with Crippen LogP contribution in [-0.4, -0.2) is 38.2 Å². The van der Waals surface area contributed by atoms with Gasteiger partial charge in [0.25, 0.3) is 5.91 Å². The fourth-order valence-corrected chi connectivity index (χ4v) is 2.74. The number of nitrogens with two attached hydrogens (primary N) is 1. The van der Waals surface area contributed by atoms with E-state index in [1.54, 1.807) is 6.07 Å². The maximum Gasteiger partial charge on any atom is 0.255 e. The van der Waals surface area contributed by atoms with Gasteiger partial charge in [-0.1, -0.05) is 12.1 Å². The summed E-state index contributed by atoms with van der Waals surface area (Å²) in [6.45, 7) is 4.31. The Hall–Kier alpha value is -2.69. The summed E-state index contributed by atoms with van der Waals surface area (Å²) in [6.07, 6.45) is 0.865. The second-order valence-corrected chi connectivity index (χ2v) is 6.43. The molecule has 0 atom stereocenters. The molecule has 30 heavy (non-hydrogen) atoms. The Morgan fingerprint density at radius 1 is 1.17 bits per heavy atom. The zero-order valence-corrected chi connectivity index (χ0v) is 19.2. The minimum Gasteiger partial charge on any atom is -0.490 e. The summed E-state index contributed by atoms with van der Waals surface area (Å²) < 4.78 is 16.7. The number of amides is 1. The molecule has 1 aliphatic heterocycles. The normalized spacial score (nSPS) is 12.9. The Balaban J connectivity index is 0.00000320. The number of halogens is 1. The third-order valence-electron chi connectivity index (χ3n) is 4.05. The van der Waals surface area contributed by atoms with Crippen LogP contribution in [0.3, 0.4) is 0 Å². The molecule has 0 radical (unpaired) electrons. The summed E-state index contributed by atoms with van der Waals surface area (Å²) in [6, 6.07) is 13.1. The molecule has 0 fully saturated rings. The lowest BCUT2D eigenvalue weighted by molar-refractivity contribution is -0.119. The van der Waals surface area contributed by atoms with E-state index in [9.17, 15) is 4.79 Å². The number of nitrogens with zero attached hydrogens (tertiary/aromatic N) is 1. The maximum atomic E-state index is 10.9. The fraction of sp³-hybridized carbons (Fsp3) is 0.333. The number of benzene rings is 2. The number of hydrogen-bond acceptors (Lipinski definition) is 5. The first-order valence-corrected chi connectivity index (χ1v) is 9.59. The van der Waals surface area contributed by atoms with Gasteiger partial charge in [0.15, 0.2) is 24.1 Å². The van der Waals surface area contributed by atoms with Gasteiger partial charge < -0.3 is 30.6 Å². The summed E-state index contributed by atoms with van der Waals surface area (Å²) in [5.74, 6) is 2.19. The molecule has 9 heteroatoms. The largest absolute Gasteiger partial charge is 0.490 e. The maximum absolute atomic E-state index is 10.9. The molecule has 0 saturated heterocycles. The first-order valence-electron chi connectivity index (χ1n) is 9.59. The summed E-state index contributed by atoms with van der Waals surface area (Å²) in [4.78, 5) is 15.5. The van der Waals surface area contributed by atoms with Gasteiger partial charge >= 0.3 is 0 Å². The van der Waals surface area contributed by atoms with E-state index < -0.39 is 5.91 Å². The van der Waals surface area contributed by atoms with Gasteiger partial charge in [-0.05, 0) is 36.8 Å². The lowest BCUT2D eigenvalue weighted by Gasteiger charge is -2.14. The highest BCUT2D eigenvalue weighted by molar-refractivity contribution is 14.0. The van der Waals surface area contributed by atoms with E-state index in [2.05, 4.69) is 15.6 Å². The molecule has 2 aromatic carbocycles. The number of rotatable bonds is 7. The number of carbonyl (C=O) groups excluding carboxylic acids is 1. The number of anilines is 1. The SMILES string of the molecule is CCNC(=NCc1cccc(OCC(N)=O)c1)Nc1ccc2c(c1)OCCCO2.I. The van der Waals surface area contributed by atoms with Crippen molar-refractivity contribution in [1.29, 1.82) is 0 Å². The van der Waals surface area contributed by atoms with Gasteiger partial charge in [0.1, 0.15) is 5.75 Å². The molecule has 3 rings (SSSR count). The quantitative estimate of drug-likeness (QED) is 0.291. The van der Waals surface area contributed by atoms with Gasteiger partial charge in [-0.15, -0.1) is 24.0 Å². The van der Waals surface area contributed by atoms with Crippen LogP contribution in [0.15, 0.2) is 47.5 Å². The predicted molar refractivity (Wildman–Crippen MR) is 127 cm³/mol. The molecule has 1 amide bonds. The van der Waals surface area contributed by atoms with Gasteiger partial charge in [-0.25, -0.2) is 4.99 Å². The molecule has 0 saturated carbocycles. The van der Waals surface area contributed by atoms with Crippen LogP contribution in [0.1, 0.15) is 18.9 Å². The highest BCUT2D eigenvalue weighted by Crippen LogP contribution is 2.32. The average Bonchev–Trinajstić information content (AvgIpc) is 2.96. The number of aliphatic imine (C=N–C) groups is 1. The van der Waals surface area contributed by atoms with E-state index in [1.807, 2.05) is 43.3 Å². The van der Waals surface area contributed by atoms with E-state index in [1.165, 1.54) is 0 Å². The number of ether oxygens (including phenoxy) is 3. The van der Waals surface area contributed by atoms with Crippen molar-refractivity contribution in [2.45, 2.75) is 19.9 Å². The van der Waals surface area contributed by atoms with E-state index >= 15 is 0 Å². The summed E-state index contributed by atoms with van der Waals surface area (Å²) in [5.41, 5.74) is 6.92. The highest BCUT2D eigenvalue weighted by atomic mass is 127. The van der Waals surface area contributed by atoms with Crippen molar-refractivity contribution in [3.8, 4) is 17.2 Å². The number of primary amides is 1. The molecule has 162 valence electrons. The number of carbonyl (C=O) groups is 1. The Labute approximate surface area is 193 Å². The average molecular weight is 526 g/mol. The van der Waals surface area contributed by atoms with Crippen molar-refractivity contribution in [3.05, 3.63) is 48.0 Å². The van der Waals surface area contributed by atoms with Crippen LogP contribution in [-0.2, 0) is 11.3 Å². The van der Waals surface area contributed by atoms with Gasteiger partial charge in [-0.3, -0.25) is 4.79 Å². The van der Waals surface area contributed by atoms with Crippen LogP contribution in [0.4, 0.5) is 5.69 Å². The summed E-state index contributed by atoms with van der Waals surface area (Å²) in [7, 11) is 0. The van der Waals surface area contributed by atoms with Gasteiger partial charge in [0.05, 0.1) is 19.8 Å². The van der Waals surface area contributed by atoms with E-state index in [-0.39, 0.29) is 30.6 Å². The first-order chi connectivity index (χ1) is 14.1. The van der Waals surface area contributed by atoms with Crippen LogP contribution in [0.5, 0.6) is 17.2 Å². The van der Waals surface area contributed by atoms with Crippen molar-refractivity contribution in [1.82, 2.24) is 5.32 Å². The Kier molecular flexibility index (Phi) is 9.52. The third-order valence-corrected chi connectivity index (χ3v) is 4.05. The molecule has 4 N–H and O–H groups in total. The molecule has 0 aromatic heterocycles. The second kappa shape index (κ2) is 12.1. The molecule has 0 spiro atoms. The smallest absolute Gasteiger partial charge is 0.255 e. The van der Waals surface area contributed by atoms with Crippen LogP contribution >= 0.6 is 24.0 Å². The third kappa shape index (κ3) is 7.29. The van der Waals surface area contributed by atoms with Crippen LogP contribution in [0.2, 0.25) is 0 Å². The van der Waals surface area contributed by atoms with Crippen molar-refractivity contribution >= 4 is 41.5 Å². The van der Waals surface area contributed by atoms with Gasteiger partial charge in [-0.2, -0.15) is 0 Å². The van der Waals surface area contributed by atoms with Crippen LogP contribution < -0.4 is 30.6 Å². The highest BCUT2D eigenvalue weighted by Gasteiger charge is 2.11. The zero-order chi connectivity index (χ0) is 20.5. The van der Waals surface area contributed by atoms with Crippen molar-refractivity contribution in [2.75, 3.05) is 31.7 Å². The molecule has 2 aromatic rings. The number of nitrogens with one attached hydrogen (secondary N) is 2. The van der Waals surface area contributed by atoms with E-state index in [4.69, 9.17) is 19.9 Å². The molecule has 1 aliphatic rings.